The minimum Gasteiger partial charge on any atom is -0.480 e. The van der Waals surface area contributed by atoms with Crippen LogP contribution in [-0.2, 0) is 11.8 Å². The van der Waals surface area contributed by atoms with E-state index in [0.717, 1.165) is 12.8 Å². The van der Waals surface area contributed by atoms with Gasteiger partial charge in [-0.15, -0.1) is 11.8 Å². The number of nitrogens with zero attached hydrogens (tertiary/aromatic N) is 3. The number of carbonyl (C=O) groups excluding carboxylic acids is 1. The van der Waals surface area contributed by atoms with Gasteiger partial charge in [0.05, 0.1) is 16.6 Å². The van der Waals surface area contributed by atoms with E-state index >= 15 is 0 Å². The van der Waals surface area contributed by atoms with Crippen LogP contribution in [-0.4, -0.2) is 48.8 Å². The van der Waals surface area contributed by atoms with E-state index < -0.39 is 12.0 Å². The van der Waals surface area contributed by atoms with E-state index in [-0.39, 0.29) is 11.3 Å². The van der Waals surface area contributed by atoms with Crippen LogP contribution in [0, 0.1) is 12.8 Å². The molecule has 0 bridgehead atoms. The van der Waals surface area contributed by atoms with Crippen LogP contribution in [0.3, 0.4) is 0 Å². The maximum absolute atomic E-state index is 12.7. The number of aromatic nitrogens is 2. The van der Waals surface area contributed by atoms with Gasteiger partial charge < -0.3 is 10.0 Å². The normalized spacial score (nSPS) is 26.0. The van der Waals surface area contributed by atoms with Crippen LogP contribution in [0.5, 0.6) is 0 Å². The Balaban J connectivity index is 1.92. The van der Waals surface area contributed by atoms with E-state index in [1.54, 1.807) is 41.5 Å². The highest BCUT2D eigenvalue weighted by molar-refractivity contribution is 8.00. The zero-order valence-corrected chi connectivity index (χ0v) is 12.3. The summed E-state index contributed by atoms with van der Waals surface area (Å²) in [4.78, 5) is 25.7. The first-order valence-electron chi connectivity index (χ1n) is 6.66. The topological polar surface area (TPSA) is 75.4 Å². The predicted octanol–water partition coefficient (Wildman–Crippen LogP) is 1.11. The minimum absolute atomic E-state index is 0.00297. The summed E-state index contributed by atoms with van der Waals surface area (Å²) in [6.07, 6.45) is 3.84. The van der Waals surface area contributed by atoms with E-state index in [0.29, 0.717) is 22.9 Å². The second-order valence-electron chi connectivity index (χ2n) is 5.43. The lowest BCUT2D eigenvalue weighted by Crippen LogP contribution is -2.46. The molecule has 20 heavy (non-hydrogen) atoms. The van der Waals surface area contributed by atoms with Crippen molar-refractivity contribution in [1.82, 2.24) is 14.7 Å². The Morgan fingerprint density at radius 3 is 2.65 bits per heavy atom. The van der Waals surface area contributed by atoms with Gasteiger partial charge in [-0.25, -0.2) is 4.79 Å². The molecule has 1 N–H and O–H groups in total. The van der Waals surface area contributed by atoms with Crippen molar-refractivity contribution in [2.24, 2.45) is 13.0 Å². The van der Waals surface area contributed by atoms with Crippen molar-refractivity contribution >= 4 is 23.6 Å². The number of carbonyl (C=O) groups is 2. The number of carboxylic acids is 1. The third-order valence-electron chi connectivity index (χ3n) is 3.82. The van der Waals surface area contributed by atoms with Crippen LogP contribution in [0.25, 0.3) is 0 Å². The van der Waals surface area contributed by atoms with Crippen LogP contribution in [0.15, 0.2) is 6.20 Å². The average Bonchev–Trinajstić information content (AvgIpc) is 3.03. The molecular weight excluding hydrogens is 278 g/mol. The summed E-state index contributed by atoms with van der Waals surface area (Å²) in [5.74, 6) is -0.201. The van der Waals surface area contributed by atoms with Crippen molar-refractivity contribution < 1.29 is 14.7 Å². The van der Waals surface area contributed by atoms with Crippen molar-refractivity contribution in [2.45, 2.75) is 31.2 Å². The second-order valence-corrected chi connectivity index (χ2v) is 6.58. The molecule has 6 nitrogen and oxygen atoms in total. The Morgan fingerprint density at radius 1 is 1.45 bits per heavy atom. The Hall–Kier alpha value is -1.50. The lowest BCUT2D eigenvalue weighted by atomic mass is 10.1. The van der Waals surface area contributed by atoms with Gasteiger partial charge in [0.15, 0.2) is 0 Å². The van der Waals surface area contributed by atoms with E-state index in [9.17, 15) is 14.7 Å². The lowest BCUT2D eigenvalue weighted by Gasteiger charge is -2.27. The summed E-state index contributed by atoms with van der Waals surface area (Å²) in [6, 6.07) is -0.724. The molecule has 1 aromatic heterocycles. The van der Waals surface area contributed by atoms with E-state index in [4.69, 9.17) is 0 Å². The third kappa shape index (κ3) is 2.19. The van der Waals surface area contributed by atoms with E-state index in [2.05, 4.69) is 5.10 Å². The number of hydrogen-bond acceptors (Lipinski definition) is 4. The van der Waals surface area contributed by atoms with Crippen molar-refractivity contribution in [1.29, 1.82) is 0 Å². The van der Waals surface area contributed by atoms with Crippen molar-refractivity contribution in [3.05, 3.63) is 17.5 Å². The summed E-state index contributed by atoms with van der Waals surface area (Å²) < 4.78 is 1.59. The third-order valence-corrected chi connectivity index (χ3v) is 5.29. The Labute approximate surface area is 121 Å². The van der Waals surface area contributed by atoms with Gasteiger partial charge in [-0.2, -0.15) is 5.10 Å². The lowest BCUT2D eigenvalue weighted by molar-refractivity contribution is -0.141. The first kappa shape index (κ1) is 13.5. The van der Waals surface area contributed by atoms with Crippen molar-refractivity contribution in [3.8, 4) is 0 Å². The zero-order valence-electron chi connectivity index (χ0n) is 11.4. The van der Waals surface area contributed by atoms with Gasteiger partial charge in [-0.1, -0.05) is 0 Å². The van der Waals surface area contributed by atoms with Gasteiger partial charge in [0.1, 0.15) is 6.04 Å². The van der Waals surface area contributed by atoms with Crippen LogP contribution in [0.1, 0.15) is 28.9 Å². The Morgan fingerprint density at radius 2 is 2.15 bits per heavy atom. The molecule has 1 aliphatic carbocycles. The quantitative estimate of drug-likeness (QED) is 0.904. The second kappa shape index (κ2) is 4.80. The number of aryl methyl sites for hydroxylation is 2. The maximum Gasteiger partial charge on any atom is 0.327 e. The molecule has 1 saturated carbocycles. The molecule has 1 aromatic rings. The standard InChI is InChI=1S/C13H17N3O3S/c1-7-9(5-15(2)14-7)11(17)16-10(13(18)19)6-20-12(16)8-3-4-8/h5,8,10,12H,3-4,6H2,1-2H3,(H,18,19). The summed E-state index contributed by atoms with van der Waals surface area (Å²) in [6.45, 7) is 1.78. The highest BCUT2D eigenvalue weighted by atomic mass is 32.2. The first-order chi connectivity index (χ1) is 9.49. The van der Waals surface area contributed by atoms with Crippen molar-refractivity contribution in [2.75, 3.05) is 5.75 Å². The number of rotatable bonds is 3. The first-order valence-corrected chi connectivity index (χ1v) is 7.71. The van der Waals surface area contributed by atoms with Gasteiger partial charge >= 0.3 is 5.97 Å². The largest absolute Gasteiger partial charge is 0.480 e. The summed E-state index contributed by atoms with van der Waals surface area (Å²) >= 11 is 1.59. The van der Waals surface area contributed by atoms with Gasteiger partial charge in [0.25, 0.3) is 5.91 Å². The average molecular weight is 295 g/mol. The Bertz CT molecular complexity index is 567. The fourth-order valence-electron chi connectivity index (χ4n) is 2.67. The molecule has 1 saturated heterocycles. The minimum atomic E-state index is -0.921. The molecule has 108 valence electrons. The molecule has 2 fully saturated rings. The van der Waals surface area contributed by atoms with E-state index in [1.807, 2.05) is 0 Å². The maximum atomic E-state index is 12.7. The number of amides is 1. The molecule has 7 heteroatoms. The van der Waals surface area contributed by atoms with Gasteiger partial charge in [0.2, 0.25) is 0 Å². The molecule has 0 radical (unpaired) electrons. The van der Waals surface area contributed by atoms with Crippen LogP contribution >= 0.6 is 11.8 Å². The number of thioether (sulfide) groups is 1. The number of carboxylic acid groups (broad SMARTS) is 1. The van der Waals surface area contributed by atoms with Crippen LogP contribution in [0.4, 0.5) is 0 Å². The number of aliphatic carboxylic acids is 1. The zero-order chi connectivity index (χ0) is 14.4. The summed E-state index contributed by atoms with van der Waals surface area (Å²) in [5, 5.41) is 13.5. The monoisotopic (exact) mass is 295 g/mol. The van der Waals surface area contributed by atoms with Crippen LogP contribution < -0.4 is 0 Å². The molecule has 3 rings (SSSR count). The molecule has 2 unspecified atom stereocenters. The molecule has 0 aromatic carbocycles. The van der Waals surface area contributed by atoms with Gasteiger partial charge in [-0.05, 0) is 25.7 Å². The highest BCUT2D eigenvalue weighted by Crippen LogP contribution is 2.46. The molecular formula is C13H17N3O3S. The summed E-state index contributed by atoms with van der Waals surface area (Å²) in [7, 11) is 1.76. The molecule has 2 heterocycles. The van der Waals surface area contributed by atoms with Crippen LogP contribution in [0.2, 0.25) is 0 Å². The van der Waals surface area contributed by atoms with E-state index in [1.165, 1.54) is 0 Å². The SMILES string of the molecule is Cc1nn(C)cc1C(=O)N1C(C(=O)O)CSC1C1CC1. The number of hydrogen-bond donors (Lipinski definition) is 1. The molecule has 2 aliphatic rings. The molecule has 1 aliphatic heterocycles. The van der Waals surface area contributed by atoms with Crippen molar-refractivity contribution in [3.63, 3.8) is 0 Å². The highest BCUT2D eigenvalue weighted by Gasteiger charge is 2.48. The fraction of sp³-hybridized carbons (Fsp3) is 0.615. The predicted molar refractivity (Wildman–Crippen MR) is 74.5 cm³/mol. The molecule has 2 atom stereocenters. The fourth-order valence-corrected chi connectivity index (χ4v) is 4.30. The molecule has 0 spiro atoms. The smallest absolute Gasteiger partial charge is 0.327 e. The Kier molecular flexibility index (Phi) is 3.24. The van der Waals surface area contributed by atoms with Gasteiger partial charge in [-0.3, -0.25) is 9.48 Å². The summed E-state index contributed by atoms with van der Waals surface area (Å²) in [5.41, 5.74) is 1.15. The van der Waals surface area contributed by atoms with Gasteiger partial charge in [0, 0.05) is 19.0 Å². The molecule has 1 amide bonds.